The molecule has 9 heteroatoms. The monoisotopic (exact) mass is 442 g/mol. The maximum atomic E-state index is 13.7. The summed E-state index contributed by atoms with van der Waals surface area (Å²) in [4.78, 5) is 24.9. The third-order valence-electron chi connectivity index (χ3n) is 4.38. The van der Waals surface area contributed by atoms with Crippen molar-refractivity contribution in [2.45, 2.75) is 17.9 Å². The number of amides is 2. The Morgan fingerprint density at radius 1 is 1.07 bits per heavy atom. The minimum Gasteiger partial charge on any atom is -0.363 e. The average molecular weight is 443 g/mol. The fourth-order valence-corrected chi connectivity index (χ4v) is 3.34. The summed E-state index contributed by atoms with van der Waals surface area (Å²) in [6.07, 6.45) is -5.27. The van der Waals surface area contributed by atoms with Gasteiger partial charge in [-0.2, -0.15) is 13.2 Å². The SMILES string of the molecule is O=C1N[C@@H](c2ccccc2)[C@H](C(=O)c2ccc(Br)cc2)[C@@](O)(C(F)(F)F)N1. The first-order valence-electron chi connectivity index (χ1n) is 7.86. The van der Waals surface area contributed by atoms with Crippen molar-refractivity contribution in [1.82, 2.24) is 10.6 Å². The molecule has 1 fully saturated rings. The lowest BCUT2D eigenvalue weighted by molar-refractivity contribution is -0.287. The summed E-state index contributed by atoms with van der Waals surface area (Å²) in [7, 11) is 0. The van der Waals surface area contributed by atoms with Crippen molar-refractivity contribution in [3.63, 3.8) is 0 Å². The molecule has 1 aliphatic rings. The number of halogens is 4. The van der Waals surface area contributed by atoms with Gasteiger partial charge in [-0.15, -0.1) is 0 Å². The summed E-state index contributed by atoms with van der Waals surface area (Å²) in [6.45, 7) is 0. The van der Waals surface area contributed by atoms with Crippen molar-refractivity contribution in [2.75, 3.05) is 0 Å². The van der Waals surface area contributed by atoms with Gasteiger partial charge in [0, 0.05) is 10.0 Å². The number of carbonyl (C=O) groups is 2. The van der Waals surface area contributed by atoms with Gasteiger partial charge in [0.2, 0.25) is 5.72 Å². The van der Waals surface area contributed by atoms with Gasteiger partial charge in [0.1, 0.15) is 5.92 Å². The zero-order valence-corrected chi connectivity index (χ0v) is 15.2. The highest BCUT2D eigenvalue weighted by atomic mass is 79.9. The van der Waals surface area contributed by atoms with Crippen LogP contribution in [0.15, 0.2) is 59.1 Å². The Morgan fingerprint density at radius 2 is 1.67 bits per heavy atom. The van der Waals surface area contributed by atoms with Crippen LogP contribution < -0.4 is 10.6 Å². The lowest BCUT2D eigenvalue weighted by Crippen LogP contribution is -2.72. The van der Waals surface area contributed by atoms with Crippen molar-refractivity contribution in [3.05, 3.63) is 70.2 Å². The molecule has 0 saturated carbocycles. The second-order valence-electron chi connectivity index (χ2n) is 6.10. The van der Waals surface area contributed by atoms with Gasteiger partial charge in [-0.1, -0.05) is 58.4 Å². The van der Waals surface area contributed by atoms with E-state index in [2.05, 4.69) is 21.2 Å². The Bertz CT molecular complexity index is 858. The first-order valence-corrected chi connectivity index (χ1v) is 8.65. The van der Waals surface area contributed by atoms with E-state index in [1.807, 2.05) is 0 Å². The molecule has 2 aromatic carbocycles. The molecule has 2 aromatic rings. The standard InChI is InChI=1S/C18H14BrF3N2O3/c19-12-8-6-11(7-9-12)15(25)13-14(10-4-2-1-3-5-10)23-16(26)24-17(13,27)18(20,21)22/h1-9,13-14,27H,(H2,23,24,26)/t13-,14+,17-/m1/s1. The molecule has 0 unspecified atom stereocenters. The number of Topliss-reactive ketones (excluding diaryl/α,β-unsaturated/α-hetero) is 1. The van der Waals surface area contributed by atoms with Gasteiger partial charge in [-0.25, -0.2) is 4.79 Å². The smallest absolute Gasteiger partial charge is 0.363 e. The molecule has 0 radical (unpaired) electrons. The van der Waals surface area contributed by atoms with Crippen molar-refractivity contribution in [3.8, 4) is 0 Å². The van der Waals surface area contributed by atoms with Crippen molar-refractivity contribution < 1.29 is 27.9 Å². The van der Waals surface area contributed by atoms with Crippen LogP contribution in [0.2, 0.25) is 0 Å². The minimum atomic E-state index is -5.27. The number of carbonyl (C=O) groups excluding carboxylic acids is 2. The predicted octanol–water partition coefficient (Wildman–Crippen LogP) is 3.55. The Labute approximate surface area is 160 Å². The molecular formula is C18H14BrF3N2O3. The number of urea groups is 1. The third-order valence-corrected chi connectivity index (χ3v) is 4.90. The van der Waals surface area contributed by atoms with E-state index in [0.29, 0.717) is 4.47 Å². The zero-order chi connectivity index (χ0) is 19.8. The first-order chi connectivity index (χ1) is 12.6. The number of ketones is 1. The van der Waals surface area contributed by atoms with Crippen LogP contribution >= 0.6 is 15.9 Å². The topological polar surface area (TPSA) is 78.4 Å². The van der Waals surface area contributed by atoms with E-state index < -0.39 is 35.7 Å². The number of hydrogen-bond donors (Lipinski definition) is 3. The summed E-state index contributed by atoms with van der Waals surface area (Å²) in [5, 5.41) is 14.3. The fourth-order valence-electron chi connectivity index (χ4n) is 3.07. The molecule has 142 valence electrons. The van der Waals surface area contributed by atoms with Crippen LogP contribution in [0, 0.1) is 5.92 Å². The van der Waals surface area contributed by atoms with Crippen LogP contribution in [0.5, 0.6) is 0 Å². The maximum absolute atomic E-state index is 13.7. The Kier molecular flexibility index (Phi) is 5.00. The van der Waals surface area contributed by atoms with Gasteiger partial charge >= 0.3 is 12.2 Å². The summed E-state index contributed by atoms with van der Waals surface area (Å²) in [5.74, 6) is -2.98. The van der Waals surface area contributed by atoms with Crippen LogP contribution in [0.4, 0.5) is 18.0 Å². The van der Waals surface area contributed by atoms with E-state index in [9.17, 15) is 27.9 Å². The zero-order valence-electron chi connectivity index (χ0n) is 13.6. The van der Waals surface area contributed by atoms with Crippen LogP contribution in [-0.4, -0.2) is 28.8 Å². The minimum absolute atomic E-state index is 0.0234. The van der Waals surface area contributed by atoms with Gasteiger partial charge in [0.15, 0.2) is 5.78 Å². The largest absolute Gasteiger partial charge is 0.437 e. The number of nitrogens with one attached hydrogen (secondary N) is 2. The molecule has 3 rings (SSSR count). The van der Waals surface area contributed by atoms with Crippen molar-refractivity contribution in [1.29, 1.82) is 0 Å². The predicted molar refractivity (Wildman–Crippen MR) is 93.8 cm³/mol. The molecule has 0 aromatic heterocycles. The quantitative estimate of drug-likeness (QED) is 0.636. The lowest BCUT2D eigenvalue weighted by Gasteiger charge is -2.45. The highest BCUT2D eigenvalue weighted by Gasteiger charge is 2.66. The summed E-state index contributed by atoms with van der Waals surface area (Å²) >= 11 is 3.19. The van der Waals surface area contributed by atoms with Gasteiger partial charge in [-0.05, 0) is 17.7 Å². The Morgan fingerprint density at radius 3 is 2.22 bits per heavy atom. The second kappa shape index (κ2) is 6.97. The van der Waals surface area contributed by atoms with Crippen molar-refractivity contribution >= 4 is 27.7 Å². The Balaban J connectivity index is 2.15. The van der Waals surface area contributed by atoms with Gasteiger partial charge < -0.3 is 15.7 Å². The number of alkyl halides is 3. The molecule has 27 heavy (non-hydrogen) atoms. The number of rotatable bonds is 3. The Hall–Kier alpha value is -2.39. The van der Waals surface area contributed by atoms with Gasteiger partial charge in [0.05, 0.1) is 6.04 Å². The molecule has 2 amide bonds. The van der Waals surface area contributed by atoms with E-state index in [0.717, 1.165) is 0 Å². The number of benzene rings is 2. The second-order valence-corrected chi connectivity index (χ2v) is 7.02. The lowest BCUT2D eigenvalue weighted by atomic mass is 9.77. The maximum Gasteiger partial charge on any atom is 0.437 e. The molecular weight excluding hydrogens is 429 g/mol. The normalized spacial score (nSPS) is 25.4. The van der Waals surface area contributed by atoms with Crippen LogP contribution in [0.25, 0.3) is 0 Å². The first kappa shape index (κ1) is 19.4. The highest BCUT2D eigenvalue weighted by molar-refractivity contribution is 9.10. The molecule has 0 spiro atoms. The molecule has 5 nitrogen and oxygen atoms in total. The average Bonchev–Trinajstić information content (AvgIpc) is 2.61. The van der Waals surface area contributed by atoms with E-state index in [-0.39, 0.29) is 11.1 Å². The fraction of sp³-hybridized carbons (Fsp3) is 0.222. The molecule has 1 heterocycles. The van der Waals surface area contributed by atoms with Crippen LogP contribution in [0.3, 0.4) is 0 Å². The van der Waals surface area contributed by atoms with E-state index in [4.69, 9.17) is 0 Å². The van der Waals surface area contributed by atoms with Crippen LogP contribution in [0.1, 0.15) is 22.0 Å². The van der Waals surface area contributed by atoms with Crippen LogP contribution in [-0.2, 0) is 0 Å². The van der Waals surface area contributed by atoms with E-state index in [1.165, 1.54) is 41.7 Å². The number of aliphatic hydroxyl groups is 1. The molecule has 1 aliphatic heterocycles. The molecule has 3 N–H and O–H groups in total. The third kappa shape index (κ3) is 3.57. The molecule has 1 saturated heterocycles. The van der Waals surface area contributed by atoms with Gasteiger partial charge in [0.25, 0.3) is 0 Å². The summed E-state index contributed by atoms with van der Waals surface area (Å²) < 4.78 is 41.8. The van der Waals surface area contributed by atoms with E-state index >= 15 is 0 Å². The molecule has 0 aliphatic carbocycles. The molecule has 3 atom stereocenters. The summed E-state index contributed by atoms with van der Waals surface area (Å²) in [6, 6.07) is 10.9. The highest BCUT2D eigenvalue weighted by Crippen LogP contribution is 2.43. The number of hydrogen-bond acceptors (Lipinski definition) is 3. The van der Waals surface area contributed by atoms with E-state index in [1.54, 1.807) is 18.2 Å². The molecule has 0 bridgehead atoms. The van der Waals surface area contributed by atoms with Crippen molar-refractivity contribution in [2.24, 2.45) is 5.92 Å². The summed E-state index contributed by atoms with van der Waals surface area (Å²) in [5.41, 5.74) is -3.48. The van der Waals surface area contributed by atoms with Gasteiger partial charge in [-0.3, -0.25) is 4.79 Å².